The van der Waals surface area contributed by atoms with Crippen molar-refractivity contribution in [2.75, 3.05) is 6.61 Å². The standard InChI is InChI=1S/C7H12O3.18C2H4O2/c1-3-10-7(9)5-4-6(2)8;18*1-2(3)4/h3-5H2,1-2H3;18*1H3,(H,3,4). The minimum Gasteiger partial charge on any atom is -0.481 e. The van der Waals surface area contributed by atoms with Gasteiger partial charge in [-0.05, 0) is 13.8 Å². The number of hydrogen-bond acceptors (Lipinski definition) is 21. The van der Waals surface area contributed by atoms with Gasteiger partial charge in [-0.2, -0.15) is 0 Å². The fourth-order valence-corrected chi connectivity index (χ4v) is 0.511. The molecule has 82 heavy (non-hydrogen) atoms. The lowest BCUT2D eigenvalue weighted by atomic mass is 10.2. The third kappa shape index (κ3) is 56900. The predicted octanol–water partition coefficient (Wildman–Crippen LogP) is 2.55. The first-order valence-corrected chi connectivity index (χ1v) is 20.0. The lowest BCUT2D eigenvalue weighted by Crippen LogP contribution is -2.05. The second-order valence-corrected chi connectivity index (χ2v) is 11.3. The summed E-state index contributed by atoms with van der Waals surface area (Å²) < 4.78 is 4.60. The molecule has 0 spiro atoms. The quantitative estimate of drug-likeness (QED) is 0.180. The summed E-state index contributed by atoms with van der Waals surface area (Å²) in [5.41, 5.74) is 0. The third-order valence-electron chi connectivity index (χ3n) is 0.987. The van der Waals surface area contributed by atoms with Crippen molar-refractivity contribution in [1.82, 2.24) is 0 Å². The van der Waals surface area contributed by atoms with Crippen molar-refractivity contribution in [3.05, 3.63) is 0 Å². The molecule has 0 saturated carbocycles. The fourth-order valence-electron chi connectivity index (χ4n) is 0.511. The normalized spacial score (nSPS) is 6.59. The number of carboxylic acids is 18. The molecule has 0 heterocycles. The van der Waals surface area contributed by atoms with Gasteiger partial charge in [-0.3, -0.25) is 91.1 Å². The van der Waals surface area contributed by atoms with Crippen molar-refractivity contribution in [3.8, 4) is 0 Å². The highest BCUT2D eigenvalue weighted by atomic mass is 16.5. The lowest BCUT2D eigenvalue weighted by Gasteiger charge is -1.97. The van der Waals surface area contributed by atoms with Crippen molar-refractivity contribution in [2.24, 2.45) is 0 Å². The van der Waals surface area contributed by atoms with Crippen molar-refractivity contribution in [1.29, 1.82) is 0 Å². The average molecular weight is 1230 g/mol. The molecule has 39 heteroatoms. The predicted molar refractivity (Wildman–Crippen MR) is 276 cm³/mol. The SMILES string of the molecule is CC(=O)O.CC(=O)O.CC(=O)O.CC(=O)O.CC(=O)O.CC(=O)O.CC(=O)O.CC(=O)O.CC(=O)O.CC(=O)O.CC(=O)O.CC(=O)O.CC(=O)O.CC(=O)O.CC(=O)O.CC(=O)O.CC(=O)O.CC(=O)O.CCOC(=O)CCC(C)=O. The highest BCUT2D eigenvalue weighted by Gasteiger charge is 2.02. The van der Waals surface area contributed by atoms with Gasteiger partial charge in [0.15, 0.2) is 0 Å². The number of aliphatic carboxylic acids is 18. The van der Waals surface area contributed by atoms with E-state index in [1.165, 1.54) is 6.92 Å². The van der Waals surface area contributed by atoms with E-state index in [1.807, 2.05) is 0 Å². The Morgan fingerprint density at radius 2 is 0.268 bits per heavy atom. The number of Topliss-reactive ketones (excluding diaryl/α,β-unsaturated/α-hetero) is 1. The number of rotatable bonds is 4. The zero-order chi connectivity index (χ0) is 72.4. The zero-order valence-electron chi connectivity index (χ0n) is 48.7. The van der Waals surface area contributed by atoms with Gasteiger partial charge in [0.2, 0.25) is 0 Å². The Balaban J connectivity index is -0.0000000303. The van der Waals surface area contributed by atoms with Crippen molar-refractivity contribution in [2.45, 2.75) is 151 Å². The van der Waals surface area contributed by atoms with Crippen LogP contribution in [0.1, 0.15) is 151 Å². The van der Waals surface area contributed by atoms with E-state index < -0.39 is 107 Å². The van der Waals surface area contributed by atoms with Gasteiger partial charge in [0.1, 0.15) is 5.78 Å². The number of esters is 1. The summed E-state index contributed by atoms with van der Waals surface area (Å²) in [6, 6.07) is 0. The third-order valence-corrected chi connectivity index (χ3v) is 0.987. The molecule has 0 amide bonds. The first kappa shape index (κ1) is 129. The second-order valence-electron chi connectivity index (χ2n) is 11.3. The van der Waals surface area contributed by atoms with Crippen LogP contribution in [0, 0.1) is 0 Å². The lowest BCUT2D eigenvalue weighted by molar-refractivity contribution is -0.144. The van der Waals surface area contributed by atoms with Gasteiger partial charge in [0.25, 0.3) is 107 Å². The molecule has 0 atom stereocenters. The summed E-state index contributed by atoms with van der Waals surface area (Å²) in [6.45, 7) is 23.1. The molecule has 0 aromatic heterocycles. The number of hydrogen-bond donors (Lipinski definition) is 18. The Kier molecular flexibility index (Phi) is 187. The number of carboxylic acid groups (broad SMARTS) is 18. The summed E-state index contributed by atoms with van der Waals surface area (Å²) >= 11 is 0. The molecule has 39 nitrogen and oxygen atoms in total. The van der Waals surface area contributed by atoms with E-state index >= 15 is 0 Å². The van der Waals surface area contributed by atoms with Gasteiger partial charge in [-0.25, -0.2) is 0 Å². The van der Waals surface area contributed by atoms with Crippen molar-refractivity contribution >= 4 is 119 Å². The number of ether oxygens (including phenoxy) is 1. The zero-order valence-corrected chi connectivity index (χ0v) is 48.7. The molecule has 0 fully saturated rings. The number of ketones is 1. The maximum Gasteiger partial charge on any atom is 0.306 e. The Labute approximate surface area is 469 Å². The van der Waals surface area contributed by atoms with E-state index in [1.54, 1.807) is 6.92 Å². The van der Waals surface area contributed by atoms with Crippen LogP contribution in [0.15, 0.2) is 0 Å². The van der Waals surface area contributed by atoms with Crippen molar-refractivity contribution in [3.63, 3.8) is 0 Å². The minimum atomic E-state index is -0.833. The van der Waals surface area contributed by atoms with Crippen LogP contribution in [0.3, 0.4) is 0 Å². The van der Waals surface area contributed by atoms with Gasteiger partial charge in [0, 0.05) is 131 Å². The Morgan fingerprint density at radius 1 is 0.195 bits per heavy atom. The molecule has 0 radical (unpaired) electrons. The Morgan fingerprint density at radius 3 is 0.317 bits per heavy atom. The molecule has 0 aliphatic heterocycles. The van der Waals surface area contributed by atoms with Gasteiger partial charge >= 0.3 is 5.97 Å². The van der Waals surface area contributed by atoms with Gasteiger partial charge in [-0.15, -0.1) is 0 Å². The van der Waals surface area contributed by atoms with Crippen LogP contribution < -0.4 is 0 Å². The van der Waals surface area contributed by atoms with Crippen LogP contribution in [-0.4, -0.2) is 218 Å². The van der Waals surface area contributed by atoms with Crippen LogP contribution in [0.4, 0.5) is 0 Å². The molecule has 0 aromatic rings. The van der Waals surface area contributed by atoms with E-state index in [4.69, 9.17) is 178 Å². The van der Waals surface area contributed by atoms with Crippen LogP contribution in [0.25, 0.3) is 0 Å². The van der Waals surface area contributed by atoms with E-state index in [0.29, 0.717) is 13.0 Å². The van der Waals surface area contributed by atoms with Crippen molar-refractivity contribution < 1.29 is 193 Å². The van der Waals surface area contributed by atoms with Crippen LogP contribution in [0.2, 0.25) is 0 Å². The second kappa shape index (κ2) is 119. The smallest absolute Gasteiger partial charge is 0.306 e. The molecule has 18 N–H and O–H groups in total. The molecule has 0 rings (SSSR count). The minimum absolute atomic E-state index is 0.0213. The van der Waals surface area contributed by atoms with E-state index in [0.717, 1.165) is 125 Å². The summed E-state index contributed by atoms with van der Waals surface area (Å²) in [6.07, 6.45) is 0.502. The molecule has 490 valence electrons. The van der Waals surface area contributed by atoms with E-state index in [2.05, 4.69) is 4.74 Å². The first-order valence-electron chi connectivity index (χ1n) is 20.0. The molecular formula is C43H84O39. The van der Waals surface area contributed by atoms with Crippen LogP contribution in [0.5, 0.6) is 0 Å². The summed E-state index contributed by atoms with van der Waals surface area (Å²) in [5.74, 6) is -15.3. The maximum absolute atomic E-state index is 10.6. The first-order chi connectivity index (χ1) is 35.8. The molecular weight excluding hydrogens is 1140 g/mol. The van der Waals surface area contributed by atoms with Gasteiger partial charge < -0.3 is 101 Å². The number of carbonyl (C=O) groups excluding carboxylic acids is 2. The van der Waals surface area contributed by atoms with Gasteiger partial charge in [0.05, 0.1) is 13.0 Å². The molecule has 0 saturated heterocycles. The van der Waals surface area contributed by atoms with E-state index in [-0.39, 0.29) is 18.2 Å². The summed E-state index contributed by atoms with van der Waals surface area (Å²) in [4.78, 5) is 183. The summed E-state index contributed by atoms with van der Waals surface area (Å²) in [5, 5.41) is 134. The Hall–Kier alpha value is -10.4. The monoisotopic (exact) mass is 1220 g/mol. The molecule has 0 unspecified atom stereocenters. The molecule has 0 aromatic carbocycles. The Bertz CT molecular complexity index is 1200. The molecule has 0 aliphatic rings. The topological polar surface area (TPSA) is 715 Å². The van der Waals surface area contributed by atoms with E-state index in [9.17, 15) is 9.59 Å². The highest BCUT2D eigenvalue weighted by Crippen LogP contribution is 1.92. The van der Waals surface area contributed by atoms with Gasteiger partial charge in [-0.1, -0.05) is 0 Å². The maximum atomic E-state index is 10.6. The number of carbonyl (C=O) groups is 20. The van der Waals surface area contributed by atoms with Crippen LogP contribution in [-0.2, 0) is 101 Å². The molecule has 0 aliphatic carbocycles. The largest absolute Gasteiger partial charge is 0.481 e. The fraction of sp³-hybridized carbons (Fsp3) is 0.535. The average Bonchev–Trinajstić information content (AvgIpc) is 3.07. The molecule has 0 bridgehead atoms. The van der Waals surface area contributed by atoms with Crippen LogP contribution >= 0.6 is 0 Å². The highest BCUT2D eigenvalue weighted by molar-refractivity contribution is 5.81. The summed E-state index contributed by atoms with van der Waals surface area (Å²) in [7, 11) is 0.